The first-order chi connectivity index (χ1) is 14.2. The third kappa shape index (κ3) is 4.58. The molecule has 0 fully saturated rings. The standard InChI is InChI=1S/C23H19ClN2O3/c24-22-11-8-18(16-25-22)23(27)26(12-4-7-17-5-2-1-3-6-17)19-9-10-20-21(15-19)29-14-13-28-20/h1-11,15-16H,12-14H2/b7-4+. The molecule has 2 heterocycles. The normalized spacial score (nSPS) is 12.7. The third-order valence-electron chi connectivity index (χ3n) is 4.45. The molecule has 3 aromatic rings. The first kappa shape index (κ1) is 19.0. The van der Waals surface area contributed by atoms with Crippen molar-refractivity contribution >= 4 is 29.3 Å². The second-order valence-electron chi connectivity index (χ2n) is 6.43. The largest absolute Gasteiger partial charge is 0.486 e. The van der Waals surface area contributed by atoms with Gasteiger partial charge in [0.05, 0.1) is 5.56 Å². The Bertz CT molecular complexity index is 1020. The van der Waals surface area contributed by atoms with Crippen molar-refractivity contribution in [2.75, 3.05) is 24.7 Å². The number of amides is 1. The number of aromatic nitrogens is 1. The molecule has 0 bridgehead atoms. The maximum absolute atomic E-state index is 13.2. The van der Waals surface area contributed by atoms with Crippen molar-refractivity contribution in [1.82, 2.24) is 4.98 Å². The molecule has 5 nitrogen and oxygen atoms in total. The minimum absolute atomic E-state index is 0.177. The molecule has 0 N–H and O–H groups in total. The third-order valence-corrected chi connectivity index (χ3v) is 4.68. The minimum Gasteiger partial charge on any atom is -0.486 e. The van der Waals surface area contributed by atoms with E-state index in [0.29, 0.717) is 47.7 Å². The fourth-order valence-electron chi connectivity index (χ4n) is 3.02. The zero-order chi connectivity index (χ0) is 20.1. The summed E-state index contributed by atoms with van der Waals surface area (Å²) in [6, 6.07) is 18.7. The maximum Gasteiger partial charge on any atom is 0.260 e. The van der Waals surface area contributed by atoms with Crippen LogP contribution in [0.4, 0.5) is 5.69 Å². The van der Waals surface area contributed by atoms with Gasteiger partial charge in [-0.1, -0.05) is 54.1 Å². The van der Waals surface area contributed by atoms with E-state index in [2.05, 4.69) is 4.98 Å². The zero-order valence-corrected chi connectivity index (χ0v) is 16.4. The summed E-state index contributed by atoms with van der Waals surface area (Å²) in [7, 11) is 0. The van der Waals surface area contributed by atoms with Gasteiger partial charge in [0.2, 0.25) is 0 Å². The van der Waals surface area contributed by atoms with Crippen LogP contribution in [-0.2, 0) is 0 Å². The van der Waals surface area contributed by atoms with Crippen molar-refractivity contribution in [3.63, 3.8) is 0 Å². The van der Waals surface area contributed by atoms with Crippen molar-refractivity contribution < 1.29 is 14.3 Å². The van der Waals surface area contributed by atoms with Crippen LogP contribution in [0.2, 0.25) is 5.15 Å². The predicted octanol–water partition coefficient (Wildman–Crippen LogP) is 4.87. The lowest BCUT2D eigenvalue weighted by atomic mass is 10.2. The van der Waals surface area contributed by atoms with E-state index in [1.54, 1.807) is 17.0 Å². The highest BCUT2D eigenvalue weighted by molar-refractivity contribution is 6.29. The molecule has 1 aromatic heterocycles. The molecule has 0 saturated carbocycles. The average Bonchev–Trinajstić information content (AvgIpc) is 2.77. The lowest BCUT2D eigenvalue weighted by Crippen LogP contribution is -2.31. The van der Waals surface area contributed by atoms with Gasteiger partial charge in [-0.2, -0.15) is 0 Å². The van der Waals surface area contributed by atoms with Gasteiger partial charge in [0.25, 0.3) is 5.91 Å². The first-order valence-electron chi connectivity index (χ1n) is 9.25. The number of nitrogens with zero attached hydrogens (tertiary/aromatic N) is 2. The summed E-state index contributed by atoms with van der Waals surface area (Å²) in [6.07, 6.45) is 5.42. The Labute approximate surface area is 174 Å². The topological polar surface area (TPSA) is 51.7 Å². The van der Waals surface area contributed by atoms with Crippen LogP contribution in [0.25, 0.3) is 6.08 Å². The van der Waals surface area contributed by atoms with E-state index in [0.717, 1.165) is 5.56 Å². The number of fused-ring (bicyclic) bond motifs is 1. The smallest absolute Gasteiger partial charge is 0.260 e. The van der Waals surface area contributed by atoms with E-state index in [-0.39, 0.29) is 5.91 Å². The van der Waals surface area contributed by atoms with E-state index >= 15 is 0 Å². The quantitative estimate of drug-likeness (QED) is 0.567. The van der Waals surface area contributed by atoms with Gasteiger partial charge in [0.1, 0.15) is 18.4 Å². The fraction of sp³-hybridized carbons (Fsp3) is 0.130. The average molecular weight is 407 g/mol. The molecular weight excluding hydrogens is 388 g/mol. The Morgan fingerprint density at radius 2 is 1.83 bits per heavy atom. The Hall–Kier alpha value is -3.31. The highest BCUT2D eigenvalue weighted by atomic mass is 35.5. The van der Waals surface area contributed by atoms with Crippen molar-refractivity contribution in [2.45, 2.75) is 0 Å². The van der Waals surface area contributed by atoms with E-state index in [4.69, 9.17) is 21.1 Å². The van der Waals surface area contributed by atoms with Crippen molar-refractivity contribution in [3.8, 4) is 11.5 Å². The lowest BCUT2D eigenvalue weighted by molar-refractivity contribution is 0.0989. The number of ether oxygens (including phenoxy) is 2. The molecule has 0 radical (unpaired) electrons. The summed E-state index contributed by atoms with van der Waals surface area (Å²) < 4.78 is 11.3. The van der Waals surface area contributed by atoms with Crippen LogP contribution in [0.15, 0.2) is 72.9 Å². The highest BCUT2D eigenvalue weighted by Crippen LogP contribution is 2.34. The number of hydrogen-bond donors (Lipinski definition) is 0. The molecule has 0 unspecified atom stereocenters. The SMILES string of the molecule is O=C(c1ccc(Cl)nc1)N(C/C=C/c1ccccc1)c1ccc2c(c1)OCCO2. The summed E-state index contributed by atoms with van der Waals surface area (Å²) in [5, 5.41) is 0.344. The van der Waals surface area contributed by atoms with Gasteiger partial charge >= 0.3 is 0 Å². The molecule has 2 aromatic carbocycles. The van der Waals surface area contributed by atoms with Crippen LogP contribution in [0.5, 0.6) is 11.5 Å². The van der Waals surface area contributed by atoms with Crippen LogP contribution in [0.1, 0.15) is 15.9 Å². The molecule has 0 saturated heterocycles. The first-order valence-corrected chi connectivity index (χ1v) is 9.63. The van der Waals surface area contributed by atoms with Gasteiger partial charge in [-0.05, 0) is 29.8 Å². The molecule has 1 amide bonds. The molecule has 0 spiro atoms. The molecule has 6 heteroatoms. The summed E-state index contributed by atoms with van der Waals surface area (Å²) in [4.78, 5) is 18.9. The van der Waals surface area contributed by atoms with Crippen LogP contribution in [-0.4, -0.2) is 30.6 Å². The number of hydrogen-bond acceptors (Lipinski definition) is 4. The summed E-state index contributed by atoms with van der Waals surface area (Å²) >= 11 is 5.87. The molecule has 29 heavy (non-hydrogen) atoms. The van der Waals surface area contributed by atoms with Crippen LogP contribution < -0.4 is 14.4 Å². The van der Waals surface area contributed by atoms with Crippen molar-refractivity contribution in [1.29, 1.82) is 0 Å². The van der Waals surface area contributed by atoms with E-state index in [9.17, 15) is 4.79 Å². The lowest BCUT2D eigenvalue weighted by Gasteiger charge is -2.24. The van der Waals surface area contributed by atoms with Gasteiger partial charge in [0.15, 0.2) is 11.5 Å². The second-order valence-corrected chi connectivity index (χ2v) is 6.81. The predicted molar refractivity (Wildman–Crippen MR) is 114 cm³/mol. The molecular formula is C23H19ClN2O3. The number of rotatable bonds is 5. The highest BCUT2D eigenvalue weighted by Gasteiger charge is 2.20. The van der Waals surface area contributed by atoms with Crippen molar-refractivity contribution in [3.05, 3.63) is 89.2 Å². The molecule has 0 atom stereocenters. The summed E-state index contributed by atoms with van der Waals surface area (Å²) in [5.41, 5.74) is 2.24. The number of pyridine rings is 1. The van der Waals surface area contributed by atoms with Crippen LogP contribution >= 0.6 is 11.6 Å². The van der Waals surface area contributed by atoms with E-state index in [1.807, 2.05) is 60.7 Å². The Morgan fingerprint density at radius 1 is 1.03 bits per heavy atom. The Morgan fingerprint density at radius 3 is 2.59 bits per heavy atom. The molecule has 1 aliphatic heterocycles. The Balaban J connectivity index is 1.63. The van der Waals surface area contributed by atoms with Gasteiger partial charge in [-0.15, -0.1) is 0 Å². The maximum atomic E-state index is 13.2. The number of carbonyl (C=O) groups excluding carboxylic acids is 1. The van der Waals surface area contributed by atoms with Gasteiger partial charge in [0, 0.05) is 24.5 Å². The molecule has 1 aliphatic rings. The number of carbonyl (C=O) groups is 1. The summed E-state index contributed by atoms with van der Waals surface area (Å²) in [5.74, 6) is 1.14. The number of halogens is 1. The van der Waals surface area contributed by atoms with Gasteiger partial charge in [-0.25, -0.2) is 4.98 Å². The van der Waals surface area contributed by atoms with E-state index < -0.39 is 0 Å². The van der Waals surface area contributed by atoms with Crippen LogP contribution in [0, 0.1) is 0 Å². The summed E-state index contributed by atoms with van der Waals surface area (Å²) in [6.45, 7) is 1.39. The molecule has 4 rings (SSSR count). The Kier molecular flexibility index (Phi) is 5.77. The molecule has 146 valence electrons. The minimum atomic E-state index is -0.177. The van der Waals surface area contributed by atoms with Gasteiger partial charge in [-0.3, -0.25) is 4.79 Å². The van der Waals surface area contributed by atoms with E-state index in [1.165, 1.54) is 6.20 Å². The van der Waals surface area contributed by atoms with Crippen LogP contribution in [0.3, 0.4) is 0 Å². The zero-order valence-electron chi connectivity index (χ0n) is 15.6. The van der Waals surface area contributed by atoms with Gasteiger partial charge < -0.3 is 14.4 Å². The fourth-order valence-corrected chi connectivity index (χ4v) is 3.13. The van der Waals surface area contributed by atoms with Crippen molar-refractivity contribution in [2.24, 2.45) is 0 Å². The number of anilines is 1. The second kappa shape index (κ2) is 8.80. The monoisotopic (exact) mass is 406 g/mol. The number of benzene rings is 2. The molecule has 0 aliphatic carbocycles.